The highest BCUT2D eigenvalue weighted by molar-refractivity contribution is 5.97. The molecule has 0 saturated heterocycles. The number of benzene rings is 1. The van der Waals surface area contributed by atoms with Crippen LogP contribution in [-0.4, -0.2) is 27.8 Å². The zero-order chi connectivity index (χ0) is 17.6. The van der Waals surface area contributed by atoms with Crippen molar-refractivity contribution in [2.45, 2.75) is 65.0 Å². The van der Waals surface area contributed by atoms with Crippen LogP contribution in [0.3, 0.4) is 0 Å². The van der Waals surface area contributed by atoms with Crippen LogP contribution in [0, 0.1) is 0 Å². The second kappa shape index (κ2) is 5.72. The minimum atomic E-state index is -1.10. The van der Waals surface area contributed by atoms with Gasteiger partial charge in [0.15, 0.2) is 5.75 Å². The molecule has 0 saturated carbocycles. The average molecular weight is 331 g/mol. The van der Waals surface area contributed by atoms with Crippen molar-refractivity contribution >= 4 is 11.7 Å². The minimum Gasteiger partial charge on any atom is -0.505 e. The van der Waals surface area contributed by atoms with E-state index >= 15 is 0 Å². The van der Waals surface area contributed by atoms with Gasteiger partial charge in [0.1, 0.15) is 22.6 Å². The molecular formula is C19H25NO4. The van der Waals surface area contributed by atoms with Crippen molar-refractivity contribution in [3.8, 4) is 11.5 Å². The van der Waals surface area contributed by atoms with E-state index in [1.807, 2.05) is 31.9 Å². The molecule has 1 aromatic rings. The number of hydrogen-bond acceptors (Lipinski definition) is 4. The van der Waals surface area contributed by atoms with E-state index in [1.54, 1.807) is 6.07 Å². The number of carbonyl (C=O) groups is 1. The Bertz CT molecular complexity index is 721. The van der Waals surface area contributed by atoms with E-state index in [1.165, 1.54) is 5.57 Å². The van der Waals surface area contributed by atoms with Gasteiger partial charge in [-0.3, -0.25) is 0 Å². The Balaban J connectivity index is 2.26. The summed E-state index contributed by atoms with van der Waals surface area (Å²) in [6.45, 7) is 8.13. The van der Waals surface area contributed by atoms with E-state index in [0.29, 0.717) is 23.4 Å². The summed E-state index contributed by atoms with van der Waals surface area (Å²) in [6.07, 6.45) is 5.29. The zero-order valence-electron chi connectivity index (χ0n) is 14.7. The molecule has 2 aliphatic heterocycles. The lowest BCUT2D eigenvalue weighted by atomic mass is 9.86. The van der Waals surface area contributed by atoms with Crippen LogP contribution in [0.2, 0.25) is 0 Å². The Morgan fingerprint density at radius 1 is 1.46 bits per heavy atom. The van der Waals surface area contributed by atoms with Crippen LogP contribution in [-0.2, 0) is 6.42 Å². The first-order chi connectivity index (χ1) is 11.3. The summed E-state index contributed by atoms with van der Waals surface area (Å²) >= 11 is 0. The normalized spacial score (nSPS) is 21.4. The predicted molar refractivity (Wildman–Crippen MR) is 93.0 cm³/mol. The minimum absolute atomic E-state index is 0.00529. The molecule has 5 heteroatoms. The number of aromatic hydroxyl groups is 1. The molecule has 2 heterocycles. The number of nitrogens with zero attached hydrogens (tertiary/aromatic N) is 1. The van der Waals surface area contributed by atoms with Crippen LogP contribution < -0.4 is 9.64 Å². The summed E-state index contributed by atoms with van der Waals surface area (Å²) in [6, 6.07) is 1.86. The maximum absolute atomic E-state index is 11.7. The van der Waals surface area contributed by atoms with E-state index in [0.717, 1.165) is 19.3 Å². The maximum Gasteiger partial charge on any atom is 0.339 e. The van der Waals surface area contributed by atoms with Crippen LogP contribution in [0.4, 0.5) is 5.69 Å². The Labute approximate surface area is 142 Å². The number of hydrogen-bond donors (Lipinski definition) is 2. The number of carboxylic acid groups (broad SMARTS) is 1. The number of rotatable bonds is 3. The highest BCUT2D eigenvalue weighted by atomic mass is 16.5. The lowest BCUT2D eigenvalue weighted by Crippen LogP contribution is -2.55. The number of carboxylic acids is 1. The fraction of sp³-hybridized carbons (Fsp3) is 0.526. The van der Waals surface area contributed by atoms with Crippen molar-refractivity contribution < 1.29 is 19.7 Å². The van der Waals surface area contributed by atoms with Gasteiger partial charge in [0, 0.05) is 6.20 Å². The van der Waals surface area contributed by atoms with Crippen LogP contribution in [0.15, 0.2) is 17.8 Å². The summed E-state index contributed by atoms with van der Waals surface area (Å²) < 4.78 is 6.20. The van der Waals surface area contributed by atoms with Gasteiger partial charge in [-0.15, -0.1) is 0 Å². The van der Waals surface area contributed by atoms with Gasteiger partial charge >= 0.3 is 5.97 Å². The molecule has 0 aromatic heterocycles. The molecule has 5 nitrogen and oxygen atoms in total. The second-order valence-corrected chi connectivity index (χ2v) is 7.30. The fourth-order valence-electron chi connectivity index (χ4n) is 3.87. The average Bonchev–Trinajstić information content (AvgIpc) is 2.45. The van der Waals surface area contributed by atoms with Gasteiger partial charge in [0.25, 0.3) is 0 Å². The Morgan fingerprint density at radius 2 is 2.17 bits per heavy atom. The standard InChI is InChI=1S/C19H25NO4/c1-5-6-12-9-13-16(17(21)15(12)18(22)23)20-10-11(2)7-8-14(20)19(3,4)24-13/h9-10,14,21H,5-8H2,1-4H3,(H,22,23). The summed E-state index contributed by atoms with van der Waals surface area (Å²) in [5.74, 6) is -0.721. The fourth-order valence-corrected chi connectivity index (χ4v) is 3.87. The van der Waals surface area contributed by atoms with Crippen molar-refractivity contribution in [1.29, 1.82) is 0 Å². The lowest BCUT2D eigenvalue weighted by Gasteiger charge is -2.49. The van der Waals surface area contributed by atoms with Crippen molar-refractivity contribution in [2.24, 2.45) is 0 Å². The highest BCUT2D eigenvalue weighted by Gasteiger charge is 2.44. The van der Waals surface area contributed by atoms with Gasteiger partial charge in [-0.1, -0.05) is 18.9 Å². The topological polar surface area (TPSA) is 70.0 Å². The van der Waals surface area contributed by atoms with E-state index in [9.17, 15) is 15.0 Å². The van der Waals surface area contributed by atoms with E-state index in [-0.39, 0.29) is 17.4 Å². The molecule has 3 rings (SSSR count). The third-order valence-corrected chi connectivity index (χ3v) is 5.00. The summed E-state index contributed by atoms with van der Waals surface area (Å²) in [7, 11) is 0. The number of aryl methyl sites for hydroxylation is 1. The molecule has 24 heavy (non-hydrogen) atoms. The van der Waals surface area contributed by atoms with Crippen LogP contribution in [0.25, 0.3) is 0 Å². The number of anilines is 1. The summed E-state index contributed by atoms with van der Waals surface area (Å²) in [5, 5.41) is 20.4. The molecule has 2 N–H and O–H groups in total. The van der Waals surface area contributed by atoms with E-state index in [4.69, 9.17) is 4.74 Å². The summed E-state index contributed by atoms with van der Waals surface area (Å²) in [5.41, 5.74) is 1.90. The Hall–Kier alpha value is -2.17. The first-order valence-corrected chi connectivity index (χ1v) is 8.53. The van der Waals surface area contributed by atoms with E-state index in [2.05, 4.69) is 6.92 Å². The van der Waals surface area contributed by atoms with Crippen LogP contribution in [0.1, 0.15) is 62.9 Å². The predicted octanol–water partition coefficient (Wildman–Crippen LogP) is 4.09. The SMILES string of the molecule is CCCc1cc2c(c(O)c1C(=O)O)N1C=C(C)CCC1C(C)(C)O2. The highest BCUT2D eigenvalue weighted by Crippen LogP contribution is 2.51. The molecule has 0 aliphatic carbocycles. The zero-order valence-corrected chi connectivity index (χ0v) is 14.7. The second-order valence-electron chi connectivity index (χ2n) is 7.30. The molecule has 0 amide bonds. The Morgan fingerprint density at radius 3 is 2.79 bits per heavy atom. The third-order valence-electron chi connectivity index (χ3n) is 5.00. The van der Waals surface area contributed by atoms with Gasteiger partial charge in [0.2, 0.25) is 0 Å². The molecule has 0 radical (unpaired) electrons. The molecule has 0 fully saturated rings. The van der Waals surface area contributed by atoms with Gasteiger partial charge in [-0.05, 0) is 51.7 Å². The molecule has 130 valence electrons. The van der Waals surface area contributed by atoms with Crippen molar-refractivity contribution in [3.63, 3.8) is 0 Å². The van der Waals surface area contributed by atoms with Gasteiger partial charge < -0.3 is 19.8 Å². The van der Waals surface area contributed by atoms with Crippen molar-refractivity contribution in [2.75, 3.05) is 4.90 Å². The summed E-state index contributed by atoms with van der Waals surface area (Å²) in [4.78, 5) is 13.7. The molecular weight excluding hydrogens is 306 g/mol. The number of ether oxygens (including phenoxy) is 1. The largest absolute Gasteiger partial charge is 0.505 e. The van der Waals surface area contributed by atoms with Crippen LogP contribution in [0.5, 0.6) is 11.5 Å². The number of fused-ring (bicyclic) bond motifs is 3. The monoisotopic (exact) mass is 331 g/mol. The molecule has 1 aromatic carbocycles. The number of aromatic carboxylic acids is 1. The van der Waals surface area contributed by atoms with Gasteiger partial charge in [-0.25, -0.2) is 4.79 Å². The molecule has 1 atom stereocenters. The maximum atomic E-state index is 11.7. The number of allylic oxidation sites excluding steroid dienone is 1. The van der Waals surface area contributed by atoms with Crippen LogP contribution >= 0.6 is 0 Å². The molecule has 0 bridgehead atoms. The number of phenols is 1. The Kier molecular flexibility index (Phi) is 3.98. The molecule has 2 aliphatic rings. The lowest BCUT2D eigenvalue weighted by molar-refractivity contribution is 0.0615. The first-order valence-electron chi connectivity index (χ1n) is 8.53. The quantitative estimate of drug-likeness (QED) is 0.873. The first kappa shape index (κ1) is 16.7. The smallest absolute Gasteiger partial charge is 0.339 e. The molecule has 0 spiro atoms. The molecule has 1 unspecified atom stereocenters. The van der Waals surface area contributed by atoms with Crippen molar-refractivity contribution in [1.82, 2.24) is 0 Å². The van der Waals surface area contributed by atoms with Crippen molar-refractivity contribution in [3.05, 3.63) is 29.0 Å². The van der Waals surface area contributed by atoms with E-state index < -0.39 is 11.6 Å². The third kappa shape index (κ3) is 2.52. The van der Waals surface area contributed by atoms with Gasteiger partial charge in [-0.2, -0.15) is 0 Å². The van der Waals surface area contributed by atoms with Gasteiger partial charge in [0.05, 0.1) is 6.04 Å².